The summed E-state index contributed by atoms with van der Waals surface area (Å²) in [7, 11) is -3.52. The Hall–Kier alpha value is -0.570. The Kier molecular flexibility index (Phi) is 4.31. The summed E-state index contributed by atoms with van der Waals surface area (Å²) in [5, 5.41) is 6.60. The molecule has 18 heavy (non-hydrogen) atoms. The van der Waals surface area contributed by atoms with E-state index in [0.717, 1.165) is 24.3 Å². The van der Waals surface area contributed by atoms with Crippen LogP contribution in [0.25, 0.3) is 0 Å². The molecule has 2 rings (SSSR count). The second kappa shape index (κ2) is 5.60. The third-order valence-electron chi connectivity index (χ3n) is 2.97. The molecule has 1 aliphatic heterocycles. The van der Waals surface area contributed by atoms with Crippen LogP contribution < -0.4 is 10.5 Å². The quantitative estimate of drug-likeness (QED) is 0.743. The molecule has 1 aromatic heterocycles. The topological polar surface area (TPSA) is 101 Å². The number of nitrogens with two attached hydrogens (primary N) is 1. The lowest BCUT2D eigenvalue weighted by Gasteiger charge is -2.22. The van der Waals surface area contributed by atoms with Crippen molar-refractivity contribution in [2.24, 2.45) is 5.73 Å². The van der Waals surface area contributed by atoms with Crippen molar-refractivity contribution >= 4 is 21.8 Å². The Morgan fingerprint density at radius 1 is 1.50 bits per heavy atom. The summed E-state index contributed by atoms with van der Waals surface area (Å²) in [5.74, 6) is 2.00. The van der Waals surface area contributed by atoms with E-state index < -0.39 is 10.0 Å². The number of hydrogen-bond acceptors (Lipinski definition) is 5. The van der Waals surface area contributed by atoms with Crippen molar-refractivity contribution in [3.05, 3.63) is 11.4 Å². The highest BCUT2D eigenvalue weighted by atomic mass is 32.2. The molecule has 1 fully saturated rings. The second-order valence-corrected chi connectivity index (χ2v) is 7.21. The molecular weight excluding hydrogens is 272 g/mol. The van der Waals surface area contributed by atoms with Crippen LogP contribution in [-0.4, -0.2) is 36.2 Å². The summed E-state index contributed by atoms with van der Waals surface area (Å²) in [6, 6.07) is 0.0242. The number of rotatable bonds is 4. The van der Waals surface area contributed by atoms with E-state index in [9.17, 15) is 8.42 Å². The van der Waals surface area contributed by atoms with E-state index in [0.29, 0.717) is 11.4 Å². The largest absolute Gasteiger partial charge is 0.325 e. The molecule has 0 saturated carbocycles. The summed E-state index contributed by atoms with van der Waals surface area (Å²) in [5.41, 5.74) is 6.44. The van der Waals surface area contributed by atoms with E-state index in [-0.39, 0.29) is 17.5 Å². The van der Waals surface area contributed by atoms with Crippen molar-refractivity contribution in [1.82, 2.24) is 14.9 Å². The maximum absolute atomic E-state index is 12.3. The molecule has 0 amide bonds. The number of aryl methyl sites for hydroxylation is 1. The Bertz CT molecular complexity index is 506. The van der Waals surface area contributed by atoms with Gasteiger partial charge in [-0.2, -0.15) is 16.9 Å². The summed E-state index contributed by atoms with van der Waals surface area (Å²) < 4.78 is 27.4. The van der Waals surface area contributed by atoms with Crippen LogP contribution in [0, 0.1) is 6.92 Å². The van der Waals surface area contributed by atoms with E-state index in [1.54, 1.807) is 6.92 Å². The number of nitrogens with one attached hydrogen (secondary N) is 2. The Labute approximate surface area is 111 Å². The van der Waals surface area contributed by atoms with E-state index in [1.165, 1.54) is 0 Å². The summed E-state index contributed by atoms with van der Waals surface area (Å²) >= 11 is 1.86. The molecule has 2 heterocycles. The van der Waals surface area contributed by atoms with Crippen LogP contribution >= 0.6 is 11.8 Å². The first kappa shape index (κ1) is 13.9. The molecule has 102 valence electrons. The Balaban J connectivity index is 2.21. The lowest BCUT2D eigenvalue weighted by molar-refractivity contribution is 0.527. The van der Waals surface area contributed by atoms with E-state index >= 15 is 0 Å². The smallest absolute Gasteiger partial charge is 0.244 e. The first-order valence-corrected chi connectivity index (χ1v) is 8.52. The molecule has 1 saturated heterocycles. The van der Waals surface area contributed by atoms with Crippen molar-refractivity contribution in [2.45, 2.75) is 37.2 Å². The first-order chi connectivity index (χ1) is 8.54. The third kappa shape index (κ3) is 2.87. The molecule has 0 spiro atoms. The number of sulfonamides is 1. The van der Waals surface area contributed by atoms with Crippen LogP contribution in [0.4, 0.5) is 0 Å². The van der Waals surface area contributed by atoms with Crippen molar-refractivity contribution < 1.29 is 8.42 Å². The van der Waals surface area contributed by atoms with Crippen molar-refractivity contribution in [2.75, 3.05) is 11.5 Å². The standard InChI is InChI=1S/C10H18N4O2S2/c1-7-10(9(6-11)13-12-7)18(15,16)14-8-2-4-17-5-3-8/h8,14H,2-6,11H2,1H3,(H,12,13). The predicted octanol–water partition coefficient (Wildman–Crippen LogP) is 0.351. The molecule has 0 bridgehead atoms. The monoisotopic (exact) mass is 290 g/mol. The molecule has 1 aromatic rings. The van der Waals surface area contributed by atoms with Gasteiger partial charge >= 0.3 is 0 Å². The highest BCUT2D eigenvalue weighted by molar-refractivity contribution is 7.99. The molecule has 1 aliphatic rings. The average molecular weight is 290 g/mol. The zero-order valence-electron chi connectivity index (χ0n) is 10.3. The Morgan fingerprint density at radius 2 is 2.17 bits per heavy atom. The van der Waals surface area contributed by atoms with Gasteiger partial charge in [-0.15, -0.1) is 0 Å². The zero-order chi connectivity index (χ0) is 13.2. The average Bonchev–Trinajstić information content (AvgIpc) is 2.72. The van der Waals surface area contributed by atoms with Gasteiger partial charge in [-0.3, -0.25) is 5.10 Å². The molecular formula is C10H18N4O2S2. The van der Waals surface area contributed by atoms with Gasteiger partial charge in [0, 0.05) is 12.6 Å². The van der Waals surface area contributed by atoms with Gasteiger partial charge in [-0.25, -0.2) is 13.1 Å². The summed E-state index contributed by atoms with van der Waals surface area (Å²) in [6.45, 7) is 1.80. The lowest BCUT2D eigenvalue weighted by atomic mass is 10.2. The minimum Gasteiger partial charge on any atom is -0.325 e. The molecule has 4 N–H and O–H groups in total. The minimum absolute atomic E-state index is 0.0242. The molecule has 0 radical (unpaired) electrons. The molecule has 0 aromatic carbocycles. The fourth-order valence-electron chi connectivity index (χ4n) is 2.06. The number of thioether (sulfide) groups is 1. The van der Waals surface area contributed by atoms with Gasteiger partial charge in [-0.05, 0) is 31.3 Å². The fraction of sp³-hybridized carbons (Fsp3) is 0.700. The number of aromatic amines is 1. The molecule has 0 unspecified atom stereocenters. The second-order valence-electron chi connectivity index (χ2n) is 4.34. The number of H-pyrrole nitrogens is 1. The summed E-state index contributed by atoms with van der Waals surface area (Å²) in [6.07, 6.45) is 1.75. The molecule has 0 aliphatic carbocycles. The van der Waals surface area contributed by atoms with Crippen LogP contribution in [0.1, 0.15) is 24.2 Å². The lowest BCUT2D eigenvalue weighted by Crippen LogP contribution is -2.37. The highest BCUT2D eigenvalue weighted by Gasteiger charge is 2.27. The van der Waals surface area contributed by atoms with Gasteiger partial charge in [0.1, 0.15) is 4.90 Å². The van der Waals surface area contributed by atoms with Gasteiger partial charge in [0.2, 0.25) is 10.0 Å². The predicted molar refractivity (Wildman–Crippen MR) is 71.9 cm³/mol. The van der Waals surface area contributed by atoms with Crippen LogP contribution in [0.15, 0.2) is 4.90 Å². The van der Waals surface area contributed by atoms with Gasteiger partial charge in [-0.1, -0.05) is 0 Å². The highest BCUT2D eigenvalue weighted by Crippen LogP contribution is 2.21. The first-order valence-electron chi connectivity index (χ1n) is 5.88. The van der Waals surface area contributed by atoms with Gasteiger partial charge in [0.15, 0.2) is 0 Å². The molecule has 8 heteroatoms. The summed E-state index contributed by atoms with van der Waals surface area (Å²) in [4.78, 5) is 0.211. The van der Waals surface area contributed by atoms with Gasteiger partial charge < -0.3 is 5.73 Å². The van der Waals surface area contributed by atoms with E-state index in [1.807, 2.05) is 11.8 Å². The maximum atomic E-state index is 12.3. The molecule has 6 nitrogen and oxygen atoms in total. The normalized spacial score (nSPS) is 18.1. The van der Waals surface area contributed by atoms with Crippen LogP contribution in [0.3, 0.4) is 0 Å². The van der Waals surface area contributed by atoms with E-state index in [4.69, 9.17) is 5.73 Å². The molecule has 0 atom stereocenters. The van der Waals surface area contributed by atoms with E-state index in [2.05, 4.69) is 14.9 Å². The van der Waals surface area contributed by atoms with Gasteiger partial charge in [0.25, 0.3) is 0 Å². The van der Waals surface area contributed by atoms with Crippen molar-refractivity contribution in [3.8, 4) is 0 Å². The minimum atomic E-state index is -3.52. The Morgan fingerprint density at radius 3 is 2.78 bits per heavy atom. The third-order valence-corrected chi connectivity index (χ3v) is 5.74. The SMILES string of the molecule is Cc1[nH]nc(CN)c1S(=O)(=O)NC1CCSCC1. The number of hydrogen-bond donors (Lipinski definition) is 3. The fourth-order valence-corrected chi connectivity index (χ4v) is 4.84. The van der Waals surface area contributed by atoms with Crippen LogP contribution in [0.5, 0.6) is 0 Å². The maximum Gasteiger partial charge on any atom is 0.244 e. The zero-order valence-corrected chi connectivity index (χ0v) is 11.9. The number of aromatic nitrogens is 2. The van der Waals surface area contributed by atoms with Crippen LogP contribution in [-0.2, 0) is 16.6 Å². The van der Waals surface area contributed by atoms with Crippen LogP contribution in [0.2, 0.25) is 0 Å². The van der Waals surface area contributed by atoms with Crippen molar-refractivity contribution in [1.29, 1.82) is 0 Å². The number of nitrogens with zero attached hydrogens (tertiary/aromatic N) is 1. The van der Waals surface area contributed by atoms with Crippen molar-refractivity contribution in [3.63, 3.8) is 0 Å². The van der Waals surface area contributed by atoms with Gasteiger partial charge in [0.05, 0.1) is 11.4 Å².